The van der Waals surface area contributed by atoms with Crippen molar-refractivity contribution in [3.05, 3.63) is 36.4 Å². The molecule has 0 aliphatic rings. The van der Waals surface area contributed by atoms with E-state index in [9.17, 15) is 9.59 Å². The van der Waals surface area contributed by atoms with Crippen molar-refractivity contribution < 1.29 is 18.8 Å². The quantitative estimate of drug-likeness (QED) is 0.742. The molecule has 2 N–H and O–H groups in total. The lowest BCUT2D eigenvalue weighted by molar-refractivity contribution is -0.123. The van der Waals surface area contributed by atoms with Crippen LogP contribution in [0.3, 0.4) is 0 Å². The second kappa shape index (κ2) is 8.52. The predicted octanol–water partition coefficient (Wildman–Crippen LogP) is 1.14. The molecule has 23 heavy (non-hydrogen) atoms. The number of nitrogens with one attached hydrogen (secondary N) is 2. The molecule has 0 saturated carbocycles. The van der Waals surface area contributed by atoms with Gasteiger partial charge in [0.1, 0.15) is 11.5 Å². The highest BCUT2D eigenvalue weighted by molar-refractivity contribution is 5.79. The number of alkyl carbamates (subject to hydrolysis) is 1. The maximum absolute atomic E-state index is 11.3. The van der Waals surface area contributed by atoms with E-state index in [-0.39, 0.29) is 12.5 Å². The second-order valence-electron chi connectivity index (χ2n) is 4.70. The number of carbonyl (C=O) groups excluding carboxylic acids is 2. The SMILES string of the molecule is CNC(=O)COC(=O)NCCCc1cc(-c2cccnc2)no1. The van der Waals surface area contributed by atoms with Gasteiger partial charge in [0.05, 0.1) is 0 Å². The predicted molar refractivity (Wildman–Crippen MR) is 81.5 cm³/mol. The van der Waals surface area contributed by atoms with Gasteiger partial charge in [-0.25, -0.2) is 4.79 Å². The first-order valence-electron chi connectivity index (χ1n) is 7.16. The van der Waals surface area contributed by atoms with Crippen molar-refractivity contribution in [2.45, 2.75) is 12.8 Å². The summed E-state index contributed by atoms with van der Waals surface area (Å²) in [5.74, 6) is 0.370. The molecule has 0 aromatic carbocycles. The second-order valence-corrected chi connectivity index (χ2v) is 4.70. The van der Waals surface area contributed by atoms with E-state index in [4.69, 9.17) is 9.26 Å². The van der Waals surface area contributed by atoms with Gasteiger partial charge in [-0.15, -0.1) is 0 Å². The lowest BCUT2D eigenvalue weighted by atomic mass is 10.2. The Balaban J connectivity index is 1.68. The van der Waals surface area contributed by atoms with Gasteiger partial charge in [-0.1, -0.05) is 5.16 Å². The molecule has 122 valence electrons. The molecule has 2 rings (SSSR count). The fourth-order valence-corrected chi connectivity index (χ4v) is 1.79. The zero-order chi connectivity index (χ0) is 16.5. The van der Waals surface area contributed by atoms with Crippen molar-refractivity contribution in [3.63, 3.8) is 0 Å². The lowest BCUT2D eigenvalue weighted by Gasteiger charge is -2.05. The van der Waals surface area contributed by atoms with E-state index in [0.29, 0.717) is 19.4 Å². The van der Waals surface area contributed by atoms with Gasteiger partial charge < -0.3 is 19.9 Å². The van der Waals surface area contributed by atoms with E-state index in [0.717, 1.165) is 17.0 Å². The lowest BCUT2D eigenvalue weighted by Crippen LogP contribution is -2.31. The number of rotatable bonds is 7. The Morgan fingerprint density at radius 3 is 3.00 bits per heavy atom. The minimum atomic E-state index is -0.623. The van der Waals surface area contributed by atoms with Crippen LogP contribution in [0.25, 0.3) is 11.3 Å². The molecule has 0 aliphatic carbocycles. The first kappa shape index (κ1) is 16.5. The first-order chi connectivity index (χ1) is 11.2. The number of nitrogens with zero attached hydrogens (tertiary/aromatic N) is 2. The fraction of sp³-hybridized carbons (Fsp3) is 0.333. The summed E-state index contributed by atoms with van der Waals surface area (Å²) in [6, 6.07) is 5.58. The zero-order valence-corrected chi connectivity index (χ0v) is 12.7. The van der Waals surface area contributed by atoms with E-state index >= 15 is 0 Å². The number of hydrogen-bond donors (Lipinski definition) is 2. The number of aromatic nitrogens is 2. The summed E-state index contributed by atoms with van der Waals surface area (Å²) in [7, 11) is 1.47. The molecule has 0 radical (unpaired) electrons. The van der Waals surface area contributed by atoms with Gasteiger partial charge >= 0.3 is 6.09 Å². The van der Waals surface area contributed by atoms with Crippen LogP contribution in [-0.4, -0.2) is 42.3 Å². The van der Waals surface area contributed by atoms with Crippen molar-refractivity contribution in [2.24, 2.45) is 0 Å². The number of likely N-dealkylation sites (N-methyl/N-ethyl adjacent to an activating group) is 1. The van der Waals surface area contributed by atoms with Crippen molar-refractivity contribution in [1.82, 2.24) is 20.8 Å². The Morgan fingerprint density at radius 2 is 2.26 bits per heavy atom. The van der Waals surface area contributed by atoms with E-state index in [2.05, 4.69) is 20.8 Å². The molecule has 0 fully saturated rings. The monoisotopic (exact) mass is 318 g/mol. The number of aryl methyl sites for hydroxylation is 1. The average molecular weight is 318 g/mol. The van der Waals surface area contributed by atoms with Gasteiger partial charge in [0, 0.05) is 44.0 Å². The van der Waals surface area contributed by atoms with Gasteiger partial charge in [-0.05, 0) is 18.6 Å². The molecular weight excluding hydrogens is 300 g/mol. The van der Waals surface area contributed by atoms with Crippen molar-refractivity contribution in [3.8, 4) is 11.3 Å². The van der Waals surface area contributed by atoms with Crippen molar-refractivity contribution in [2.75, 3.05) is 20.2 Å². The summed E-state index contributed by atoms with van der Waals surface area (Å²) in [6.07, 6.45) is 4.08. The molecule has 0 atom stereocenters. The van der Waals surface area contributed by atoms with E-state index in [1.165, 1.54) is 7.05 Å². The van der Waals surface area contributed by atoms with Crippen LogP contribution in [0.5, 0.6) is 0 Å². The fourth-order valence-electron chi connectivity index (χ4n) is 1.79. The number of carbonyl (C=O) groups is 2. The van der Waals surface area contributed by atoms with Crippen LogP contribution in [0.2, 0.25) is 0 Å². The van der Waals surface area contributed by atoms with Gasteiger partial charge in [0.25, 0.3) is 5.91 Å². The molecular formula is C15H18N4O4. The Kier molecular flexibility index (Phi) is 6.10. The van der Waals surface area contributed by atoms with Crippen LogP contribution in [0, 0.1) is 0 Å². The third-order valence-corrected chi connectivity index (χ3v) is 3.00. The molecule has 2 heterocycles. The number of amides is 2. The molecule has 2 aromatic rings. The standard InChI is InChI=1S/C15H18N4O4/c1-16-14(20)10-22-15(21)18-7-3-5-12-8-13(19-23-12)11-4-2-6-17-9-11/h2,4,6,8-9H,3,5,7,10H2,1H3,(H,16,20)(H,18,21). The van der Waals surface area contributed by atoms with Gasteiger partial charge in [0.2, 0.25) is 0 Å². The number of ether oxygens (including phenoxy) is 1. The van der Waals surface area contributed by atoms with Crippen molar-refractivity contribution in [1.29, 1.82) is 0 Å². The molecule has 0 aliphatic heterocycles. The third-order valence-electron chi connectivity index (χ3n) is 3.00. The van der Waals surface area contributed by atoms with Crippen LogP contribution in [0.4, 0.5) is 4.79 Å². The largest absolute Gasteiger partial charge is 0.439 e. The van der Waals surface area contributed by atoms with Gasteiger partial charge in [-0.3, -0.25) is 9.78 Å². The van der Waals surface area contributed by atoms with E-state index in [1.807, 2.05) is 18.2 Å². The van der Waals surface area contributed by atoms with Crippen LogP contribution < -0.4 is 10.6 Å². The summed E-state index contributed by atoms with van der Waals surface area (Å²) in [4.78, 5) is 26.2. The molecule has 0 bridgehead atoms. The topological polar surface area (TPSA) is 106 Å². The molecule has 2 amide bonds. The third kappa shape index (κ3) is 5.42. The van der Waals surface area contributed by atoms with Crippen LogP contribution in [-0.2, 0) is 16.0 Å². The normalized spacial score (nSPS) is 10.1. The summed E-state index contributed by atoms with van der Waals surface area (Å²) in [5.41, 5.74) is 1.62. The molecule has 8 heteroatoms. The maximum Gasteiger partial charge on any atom is 0.407 e. The molecule has 0 saturated heterocycles. The van der Waals surface area contributed by atoms with Crippen LogP contribution in [0.15, 0.2) is 35.1 Å². The molecule has 0 unspecified atom stereocenters. The van der Waals surface area contributed by atoms with E-state index in [1.54, 1.807) is 12.4 Å². The first-order valence-corrected chi connectivity index (χ1v) is 7.16. The van der Waals surface area contributed by atoms with Crippen LogP contribution in [0.1, 0.15) is 12.2 Å². The van der Waals surface area contributed by atoms with E-state index < -0.39 is 6.09 Å². The Bertz CT molecular complexity index is 642. The van der Waals surface area contributed by atoms with Gasteiger partial charge in [-0.2, -0.15) is 0 Å². The Morgan fingerprint density at radius 1 is 1.39 bits per heavy atom. The van der Waals surface area contributed by atoms with Crippen molar-refractivity contribution >= 4 is 12.0 Å². The van der Waals surface area contributed by atoms with Crippen LogP contribution >= 0.6 is 0 Å². The number of pyridine rings is 1. The Labute approximate surface area is 133 Å². The maximum atomic E-state index is 11.3. The Hall–Kier alpha value is -2.90. The average Bonchev–Trinajstić information content (AvgIpc) is 3.06. The molecule has 0 spiro atoms. The van der Waals surface area contributed by atoms with Gasteiger partial charge in [0.15, 0.2) is 6.61 Å². The highest BCUT2D eigenvalue weighted by Gasteiger charge is 2.08. The minimum absolute atomic E-state index is 0.293. The minimum Gasteiger partial charge on any atom is -0.439 e. The summed E-state index contributed by atoms with van der Waals surface area (Å²) in [6.45, 7) is 0.119. The summed E-state index contributed by atoms with van der Waals surface area (Å²) < 4.78 is 9.95. The summed E-state index contributed by atoms with van der Waals surface area (Å²) >= 11 is 0. The highest BCUT2D eigenvalue weighted by atomic mass is 16.6. The molecule has 2 aromatic heterocycles. The number of hydrogen-bond acceptors (Lipinski definition) is 6. The molecule has 8 nitrogen and oxygen atoms in total. The highest BCUT2D eigenvalue weighted by Crippen LogP contribution is 2.18. The summed E-state index contributed by atoms with van der Waals surface area (Å²) in [5, 5.41) is 8.90. The zero-order valence-electron chi connectivity index (χ0n) is 12.7. The smallest absolute Gasteiger partial charge is 0.407 e.